The molecule has 3 N–H and O–H groups in total. The van der Waals surface area contributed by atoms with Gasteiger partial charge in [0.2, 0.25) is 0 Å². The van der Waals surface area contributed by atoms with E-state index in [2.05, 4.69) is 0 Å². The van der Waals surface area contributed by atoms with Crippen LogP contribution >= 0.6 is 0 Å². The van der Waals surface area contributed by atoms with E-state index in [-0.39, 0.29) is 11.3 Å². The van der Waals surface area contributed by atoms with Gasteiger partial charge in [-0.3, -0.25) is 0 Å². The molecule has 0 unspecified atom stereocenters. The van der Waals surface area contributed by atoms with Crippen molar-refractivity contribution in [2.45, 2.75) is 0 Å². The van der Waals surface area contributed by atoms with Crippen molar-refractivity contribution >= 4 is 33.5 Å². The Labute approximate surface area is 154 Å². The maximum Gasteiger partial charge on any atom is 0.339 e. The predicted molar refractivity (Wildman–Crippen MR) is 103 cm³/mol. The number of rotatable bonds is 2. The highest BCUT2D eigenvalue weighted by Gasteiger charge is 2.09. The molecule has 0 aliphatic carbocycles. The van der Waals surface area contributed by atoms with Gasteiger partial charge in [0.15, 0.2) is 0 Å². The van der Waals surface area contributed by atoms with Crippen molar-refractivity contribution in [2.75, 3.05) is 0 Å². The highest BCUT2D eigenvalue weighted by Crippen LogP contribution is 2.24. The molecule has 0 saturated carbocycles. The number of carboxylic acid groups (broad SMARTS) is 2. The van der Waals surface area contributed by atoms with Crippen molar-refractivity contribution in [1.29, 1.82) is 0 Å². The van der Waals surface area contributed by atoms with Gasteiger partial charge in [-0.25, -0.2) is 9.59 Å². The molecule has 134 valence electrons. The van der Waals surface area contributed by atoms with Gasteiger partial charge in [-0.15, -0.1) is 0 Å². The Hall–Kier alpha value is -3.86. The second-order valence-corrected chi connectivity index (χ2v) is 5.89. The minimum absolute atomic E-state index is 0.0660. The molecule has 0 aromatic heterocycles. The smallest absolute Gasteiger partial charge is 0.339 e. The lowest BCUT2D eigenvalue weighted by Crippen LogP contribution is -1.96. The Bertz CT molecular complexity index is 1150. The Morgan fingerprint density at radius 2 is 1.11 bits per heavy atom. The molecule has 4 aromatic carbocycles. The lowest BCUT2D eigenvalue weighted by atomic mass is 10.1. The zero-order valence-corrected chi connectivity index (χ0v) is 14.2. The predicted octanol–water partition coefficient (Wildman–Crippen LogP) is 4.78. The third-order valence-corrected chi connectivity index (χ3v) is 4.09. The van der Waals surface area contributed by atoms with E-state index in [1.54, 1.807) is 18.2 Å². The van der Waals surface area contributed by atoms with E-state index < -0.39 is 11.9 Å². The fraction of sp³-hybridized carbons (Fsp3) is 0. The van der Waals surface area contributed by atoms with Gasteiger partial charge >= 0.3 is 11.9 Å². The van der Waals surface area contributed by atoms with E-state index in [0.29, 0.717) is 5.56 Å². The van der Waals surface area contributed by atoms with E-state index in [1.807, 2.05) is 48.5 Å². The van der Waals surface area contributed by atoms with Crippen molar-refractivity contribution in [3.05, 3.63) is 90.0 Å². The van der Waals surface area contributed by atoms with Crippen molar-refractivity contribution < 1.29 is 24.9 Å². The van der Waals surface area contributed by atoms with Crippen LogP contribution in [0.1, 0.15) is 20.7 Å². The first kappa shape index (κ1) is 17.9. The molecule has 4 aromatic rings. The van der Waals surface area contributed by atoms with Crippen molar-refractivity contribution in [3.8, 4) is 5.75 Å². The number of hydrogen-bond acceptors (Lipinski definition) is 3. The number of aromatic hydroxyl groups is 1. The molecule has 5 heteroatoms. The first-order valence-electron chi connectivity index (χ1n) is 8.13. The van der Waals surface area contributed by atoms with Crippen LogP contribution in [0.15, 0.2) is 78.9 Å². The van der Waals surface area contributed by atoms with Gasteiger partial charge in [-0.2, -0.15) is 0 Å². The fourth-order valence-corrected chi connectivity index (χ4v) is 2.72. The Kier molecular flexibility index (Phi) is 5.04. The number of aromatic carboxylic acids is 2. The van der Waals surface area contributed by atoms with Crippen LogP contribution in [0, 0.1) is 0 Å². The van der Waals surface area contributed by atoms with E-state index in [1.165, 1.54) is 12.1 Å². The number of phenols is 1. The standard InChI is InChI=1S/C11H8O3.C11H8O2/c12-10-6-8-4-2-1-3-7(8)5-9(10)11(13)14;12-11(13)10-6-5-8-3-1-2-4-9(8)7-10/h1-6,12H,(H,13,14);1-7H,(H,12,13). The molecule has 0 spiro atoms. The first-order chi connectivity index (χ1) is 13.0. The number of carboxylic acids is 2. The summed E-state index contributed by atoms with van der Waals surface area (Å²) in [4.78, 5) is 21.4. The lowest BCUT2D eigenvalue weighted by Gasteiger charge is -2.02. The van der Waals surface area contributed by atoms with E-state index in [0.717, 1.165) is 21.5 Å². The summed E-state index contributed by atoms with van der Waals surface area (Å²) in [6.45, 7) is 0. The van der Waals surface area contributed by atoms with Gasteiger partial charge in [0.05, 0.1) is 5.56 Å². The summed E-state index contributed by atoms with van der Waals surface area (Å²) in [5, 5.41) is 30.6. The van der Waals surface area contributed by atoms with Crippen molar-refractivity contribution in [2.24, 2.45) is 0 Å². The quantitative estimate of drug-likeness (QED) is 0.478. The molecule has 4 rings (SSSR count). The lowest BCUT2D eigenvalue weighted by molar-refractivity contribution is 0.0684. The number of hydrogen-bond donors (Lipinski definition) is 3. The molecule has 0 aliphatic rings. The molecule has 0 atom stereocenters. The van der Waals surface area contributed by atoms with Crippen LogP contribution in [0.2, 0.25) is 0 Å². The highest BCUT2D eigenvalue weighted by molar-refractivity contribution is 5.97. The molecule has 0 radical (unpaired) electrons. The minimum atomic E-state index is -1.12. The van der Waals surface area contributed by atoms with E-state index >= 15 is 0 Å². The number of benzene rings is 4. The Morgan fingerprint density at radius 1 is 0.593 bits per heavy atom. The Morgan fingerprint density at radius 3 is 1.67 bits per heavy atom. The summed E-state index contributed by atoms with van der Waals surface area (Å²) in [7, 11) is 0. The van der Waals surface area contributed by atoms with Gasteiger partial charge in [0, 0.05) is 0 Å². The molecule has 0 saturated heterocycles. The average molecular weight is 360 g/mol. The van der Waals surface area contributed by atoms with Crippen LogP contribution in [-0.2, 0) is 0 Å². The SMILES string of the molecule is O=C(O)c1cc2ccccc2cc1O.O=C(O)c1ccc2ccccc2c1. The number of fused-ring (bicyclic) bond motifs is 2. The molecule has 0 aliphatic heterocycles. The zero-order chi connectivity index (χ0) is 19.4. The molecule has 0 fully saturated rings. The van der Waals surface area contributed by atoms with Crippen LogP contribution in [0.5, 0.6) is 5.75 Å². The topological polar surface area (TPSA) is 94.8 Å². The fourth-order valence-electron chi connectivity index (χ4n) is 2.72. The second-order valence-electron chi connectivity index (χ2n) is 5.89. The molecule has 5 nitrogen and oxygen atoms in total. The summed E-state index contributed by atoms with van der Waals surface area (Å²) in [5.41, 5.74) is 0.266. The third kappa shape index (κ3) is 4.04. The zero-order valence-electron chi connectivity index (χ0n) is 14.2. The monoisotopic (exact) mass is 360 g/mol. The summed E-state index contributed by atoms with van der Waals surface area (Å²) in [6, 6.07) is 23.0. The first-order valence-corrected chi connectivity index (χ1v) is 8.13. The summed E-state index contributed by atoms with van der Waals surface area (Å²) in [6.07, 6.45) is 0. The molecular formula is C22H16O5. The highest BCUT2D eigenvalue weighted by atomic mass is 16.4. The second kappa shape index (κ2) is 7.58. The summed E-state index contributed by atoms with van der Waals surface area (Å²) < 4.78 is 0. The molecule has 27 heavy (non-hydrogen) atoms. The average Bonchev–Trinajstić information content (AvgIpc) is 2.67. The summed E-state index contributed by atoms with van der Waals surface area (Å²) in [5.74, 6) is -2.20. The van der Waals surface area contributed by atoms with Gasteiger partial charge in [-0.1, -0.05) is 54.6 Å². The van der Waals surface area contributed by atoms with Crippen LogP contribution in [0.4, 0.5) is 0 Å². The van der Waals surface area contributed by atoms with Crippen LogP contribution in [-0.4, -0.2) is 27.3 Å². The van der Waals surface area contributed by atoms with Crippen LogP contribution in [0.25, 0.3) is 21.5 Å². The van der Waals surface area contributed by atoms with E-state index in [4.69, 9.17) is 10.2 Å². The largest absolute Gasteiger partial charge is 0.507 e. The molecule has 0 heterocycles. The van der Waals surface area contributed by atoms with Crippen LogP contribution < -0.4 is 0 Å². The number of carbonyl (C=O) groups is 2. The Balaban J connectivity index is 0.000000156. The third-order valence-electron chi connectivity index (χ3n) is 4.09. The molecule has 0 amide bonds. The molecule has 0 bridgehead atoms. The van der Waals surface area contributed by atoms with Crippen molar-refractivity contribution in [3.63, 3.8) is 0 Å². The maximum absolute atomic E-state index is 10.7. The van der Waals surface area contributed by atoms with Crippen LogP contribution in [0.3, 0.4) is 0 Å². The maximum atomic E-state index is 10.7. The summed E-state index contributed by atoms with van der Waals surface area (Å²) >= 11 is 0. The minimum Gasteiger partial charge on any atom is -0.507 e. The van der Waals surface area contributed by atoms with E-state index in [9.17, 15) is 14.7 Å². The normalized spacial score (nSPS) is 10.2. The molecular weight excluding hydrogens is 344 g/mol. The van der Waals surface area contributed by atoms with Gasteiger partial charge in [0.25, 0.3) is 0 Å². The van der Waals surface area contributed by atoms with Gasteiger partial charge in [-0.05, 0) is 45.8 Å². The van der Waals surface area contributed by atoms with Gasteiger partial charge < -0.3 is 15.3 Å². The van der Waals surface area contributed by atoms with Crippen molar-refractivity contribution in [1.82, 2.24) is 0 Å². The van der Waals surface area contributed by atoms with Gasteiger partial charge in [0.1, 0.15) is 11.3 Å².